The fourth-order valence-corrected chi connectivity index (χ4v) is 3.92. The number of nitrogens with two attached hydrogens (primary N) is 1. The highest BCUT2D eigenvalue weighted by molar-refractivity contribution is 6.06. The monoisotopic (exact) mass is 534 g/mol. The zero-order chi connectivity index (χ0) is 27.7. The third-order valence-corrected chi connectivity index (χ3v) is 5.99. The second-order valence-corrected chi connectivity index (χ2v) is 8.74. The van der Waals surface area contributed by atoms with Crippen molar-refractivity contribution in [3.8, 4) is 16.9 Å². The van der Waals surface area contributed by atoms with Crippen LogP contribution in [0.4, 0.5) is 16.3 Å². The lowest BCUT2D eigenvalue weighted by atomic mass is 10.1. The number of imidazole rings is 1. The summed E-state index contributed by atoms with van der Waals surface area (Å²) in [7, 11) is 0. The van der Waals surface area contributed by atoms with Crippen LogP contribution in [0.3, 0.4) is 0 Å². The molecule has 2 amide bonds. The van der Waals surface area contributed by atoms with Gasteiger partial charge in [0.05, 0.1) is 35.8 Å². The van der Waals surface area contributed by atoms with Gasteiger partial charge < -0.3 is 25.7 Å². The third kappa shape index (κ3) is 6.45. The molecule has 3 heterocycles. The molecule has 0 spiro atoms. The van der Waals surface area contributed by atoms with Gasteiger partial charge in [-0.05, 0) is 23.6 Å². The molecule has 11 heteroatoms. The van der Waals surface area contributed by atoms with E-state index in [-0.39, 0.29) is 18.1 Å². The Balaban J connectivity index is 1.19. The summed E-state index contributed by atoms with van der Waals surface area (Å²) in [5, 5.41) is 5.57. The van der Waals surface area contributed by atoms with E-state index >= 15 is 0 Å². The van der Waals surface area contributed by atoms with Gasteiger partial charge in [-0.2, -0.15) is 0 Å². The maximum absolute atomic E-state index is 13.1. The number of aromatic nitrogens is 5. The third-order valence-electron chi connectivity index (χ3n) is 5.99. The van der Waals surface area contributed by atoms with Crippen LogP contribution in [0.5, 0.6) is 0 Å². The highest BCUT2D eigenvalue weighted by atomic mass is 16.5. The second kappa shape index (κ2) is 12.3. The first-order chi connectivity index (χ1) is 19.6. The van der Waals surface area contributed by atoms with Gasteiger partial charge in [-0.3, -0.25) is 9.78 Å². The number of pyridine rings is 1. The quantitative estimate of drug-likeness (QED) is 0.257. The number of hydrogen-bond donors (Lipinski definition) is 3. The van der Waals surface area contributed by atoms with Gasteiger partial charge >= 0.3 is 6.09 Å². The highest BCUT2D eigenvalue weighted by Gasteiger charge is 2.17. The van der Waals surface area contributed by atoms with Crippen LogP contribution in [0.2, 0.25) is 0 Å². The molecule has 11 nitrogen and oxygen atoms in total. The number of rotatable bonds is 9. The number of nitrogen functional groups attached to an aromatic ring is 1. The maximum atomic E-state index is 13.1. The molecule has 0 saturated carbocycles. The molecular formula is C29H26N8O3. The number of hydrogen-bond acceptors (Lipinski definition) is 8. The minimum Gasteiger partial charge on any atom is -0.445 e. The number of carbonyl (C=O) groups excluding carboxylic acids is 2. The number of nitrogens with one attached hydrogen (secondary N) is 2. The van der Waals surface area contributed by atoms with E-state index in [1.54, 1.807) is 35.6 Å². The summed E-state index contributed by atoms with van der Waals surface area (Å²) in [6.45, 7) is 0.645. The van der Waals surface area contributed by atoms with Crippen LogP contribution in [0.1, 0.15) is 21.6 Å². The molecule has 5 aromatic rings. The largest absolute Gasteiger partial charge is 0.445 e. The Hall–Kier alpha value is -5.58. The standard InChI is InChI=1S/C29H26N8O3/c30-27-26(28(38)36-24-16-31-12-11-25(24)37-15-14-32-19-37)35-23(17-34-27)22-8-6-20(7-9-22)10-13-33-29(39)40-18-21-4-2-1-3-5-21/h1-9,11-12,14-17,19H,10,13,18H2,(H2,30,34)(H,33,39)(H,36,38). The second-order valence-electron chi connectivity index (χ2n) is 8.74. The van der Waals surface area contributed by atoms with Crippen LogP contribution in [-0.2, 0) is 17.8 Å². The van der Waals surface area contributed by atoms with E-state index in [2.05, 4.69) is 30.6 Å². The molecule has 40 heavy (non-hydrogen) atoms. The minimum absolute atomic E-state index is 0.000209. The molecule has 0 radical (unpaired) electrons. The average molecular weight is 535 g/mol. The van der Waals surface area contributed by atoms with Crippen LogP contribution in [0.25, 0.3) is 16.9 Å². The summed E-state index contributed by atoms with van der Waals surface area (Å²) in [6, 6.07) is 18.9. The Labute approximate surface area is 230 Å². The van der Waals surface area contributed by atoms with Crippen molar-refractivity contribution in [2.24, 2.45) is 0 Å². The van der Waals surface area contributed by atoms with Crippen molar-refractivity contribution in [3.63, 3.8) is 0 Å². The van der Waals surface area contributed by atoms with Crippen molar-refractivity contribution in [2.75, 3.05) is 17.6 Å². The van der Waals surface area contributed by atoms with Gasteiger partial charge in [0.25, 0.3) is 5.91 Å². The van der Waals surface area contributed by atoms with Gasteiger partial charge in [0.2, 0.25) is 0 Å². The summed E-state index contributed by atoms with van der Waals surface area (Å²) in [4.78, 5) is 41.9. The minimum atomic E-state index is -0.511. The maximum Gasteiger partial charge on any atom is 0.407 e. The summed E-state index contributed by atoms with van der Waals surface area (Å²) in [5.41, 5.74) is 10.4. The smallest absolute Gasteiger partial charge is 0.407 e. The summed E-state index contributed by atoms with van der Waals surface area (Å²) >= 11 is 0. The molecule has 3 aromatic heterocycles. The Morgan fingerprint density at radius 2 is 1.75 bits per heavy atom. The van der Waals surface area contributed by atoms with Crippen molar-refractivity contribution >= 4 is 23.5 Å². The van der Waals surface area contributed by atoms with Crippen molar-refractivity contribution in [3.05, 3.63) is 115 Å². The van der Waals surface area contributed by atoms with Gasteiger partial charge in [0, 0.05) is 30.7 Å². The van der Waals surface area contributed by atoms with Gasteiger partial charge in [0.1, 0.15) is 6.61 Å². The molecule has 0 unspecified atom stereocenters. The average Bonchev–Trinajstić information content (AvgIpc) is 3.53. The van der Waals surface area contributed by atoms with Crippen molar-refractivity contribution < 1.29 is 14.3 Å². The van der Waals surface area contributed by atoms with Gasteiger partial charge in [-0.25, -0.2) is 19.7 Å². The highest BCUT2D eigenvalue weighted by Crippen LogP contribution is 2.22. The van der Waals surface area contributed by atoms with E-state index in [9.17, 15) is 9.59 Å². The van der Waals surface area contributed by atoms with Crippen LogP contribution in [0.15, 0.2) is 98.0 Å². The topological polar surface area (TPSA) is 150 Å². The molecule has 4 N–H and O–H groups in total. The van der Waals surface area contributed by atoms with E-state index in [4.69, 9.17) is 10.5 Å². The number of amides is 2. The Bertz CT molecular complexity index is 1590. The lowest BCUT2D eigenvalue weighted by molar-refractivity contribution is 0.102. The molecule has 0 aliphatic rings. The first-order valence-electron chi connectivity index (χ1n) is 12.5. The molecule has 2 aromatic carbocycles. The Morgan fingerprint density at radius 3 is 2.52 bits per heavy atom. The molecule has 0 saturated heterocycles. The number of benzene rings is 2. The predicted octanol–water partition coefficient (Wildman–Crippen LogP) is 4.03. The van der Waals surface area contributed by atoms with Gasteiger partial charge in [-0.1, -0.05) is 54.6 Å². The predicted molar refractivity (Wildman–Crippen MR) is 150 cm³/mol. The molecule has 5 rings (SSSR count). The van der Waals surface area contributed by atoms with Gasteiger partial charge in [0.15, 0.2) is 11.5 Å². The van der Waals surface area contributed by atoms with E-state index in [0.29, 0.717) is 30.0 Å². The Kier molecular flexibility index (Phi) is 8.01. The zero-order valence-electron chi connectivity index (χ0n) is 21.4. The van der Waals surface area contributed by atoms with Crippen molar-refractivity contribution in [1.29, 1.82) is 0 Å². The first-order valence-corrected chi connectivity index (χ1v) is 12.5. The molecular weight excluding hydrogens is 508 g/mol. The fraction of sp³-hybridized carbons (Fsp3) is 0.103. The molecule has 200 valence electrons. The SMILES string of the molecule is Nc1ncc(-c2ccc(CCNC(=O)OCc3ccccc3)cc2)nc1C(=O)Nc1cnccc1-n1ccnc1. The van der Waals surface area contributed by atoms with Crippen LogP contribution in [0, 0.1) is 0 Å². The number of carbonyl (C=O) groups is 2. The number of anilines is 2. The molecule has 0 aliphatic carbocycles. The summed E-state index contributed by atoms with van der Waals surface area (Å²) < 4.78 is 6.99. The normalized spacial score (nSPS) is 10.6. The van der Waals surface area contributed by atoms with E-state index in [0.717, 1.165) is 16.7 Å². The van der Waals surface area contributed by atoms with E-state index in [1.807, 2.05) is 54.6 Å². The number of nitrogens with zero attached hydrogens (tertiary/aromatic N) is 5. The summed E-state index contributed by atoms with van der Waals surface area (Å²) in [5.74, 6) is -0.501. The number of alkyl carbamates (subject to hydrolysis) is 1. The Morgan fingerprint density at radius 1 is 0.925 bits per heavy atom. The summed E-state index contributed by atoms with van der Waals surface area (Å²) in [6.07, 6.45) is 9.86. The molecule has 0 fully saturated rings. The molecule has 0 bridgehead atoms. The fourth-order valence-electron chi connectivity index (χ4n) is 3.92. The van der Waals surface area contributed by atoms with E-state index < -0.39 is 12.0 Å². The lowest BCUT2D eigenvalue weighted by Crippen LogP contribution is -2.26. The zero-order valence-corrected chi connectivity index (χ0v) is 21.4. The van der Waals surface area contributed by atoms with Crippen LogP contribution >= 0.6 is 0 Å². The molecule has 0 aliphatic heterocycles. The van der Waals surface area contributed by atoms with Crippen molar-refractivity contribution in [1.82, 2.24) is 29.8 Å². The first kappa shape index (κ1) is 26.0. The number of ether oxygens (including phenoxy) is 1. The van der Waals surface area contributed by atoms with Crippen LogP contribution in [-0.4, -0.2) is 43.0 Å². The molecule has 0 atom stereocenters. The lowest BCUT2D eigenvalue weighted by Gasteiger charge is -2.12. The van der Waals surface area contributed by atoms with E-state index in [1.165, 1.54) is 12.4 Å². The van der Waals surface area contributed by atoms with Crippen LogP contribution < -0.4 is 16.4 Å². The van der Waals surface area contributed by atoms with Crippen molar-refractivity contribution in [2.45, 2.75) is 13.0 Å². The van der Waals surface area contributed by atoms with Gasteiger partial charge in [-0.15, -0.1) is 0 Å².